The van der Waals surface area contributed by atoms with Crippen molar-refractivity contribution in [2.75, 3.05) is 13.6 Å². The molecular formula is C15H18N2O2. The van der Waals surface area contributed by atoms with E-state index in [1.165, 1.54) is 0 Å². The van der Waals surface area contributed by atoms with Gasteiger partial charge in [0.2, 0.25) is 11.8 Å². The average Bonchev–Trinajstić information content (AvgIpc) is 2.92. The van der Waals surface area contributed by atoms with E-state index < -0.39 is 0 Å². The van der Waals surface area contributed by atoms with Crippen LogP contribution in [0.2, 0.25) is 0 Å². The average molecular weight is 258 g/mol. The van der Waals surface area contributed by atoms with Gasteiger partial charge in [0.25, 0.3) is 0 Å². The maximum absolute atomic E-state index is 12.5. The third kappa shape index (κ3) is 2.01. The Kier molecular flexibility index (Phi) is 3.01. The van der Waals surface area contributed by atoms with Gasteiger partial charge >= 0.3 is 0 Å². The van der Waals surface area contributed by atoms with Crippen LogP contribution in [0.25, 0.3) is 0 Å². The number of rotatable bonds is 2. The van der Waals surface area contributed by atoms with Crippen LogP contribution in [-0.4, -0.2) is 47.3 Å². The van der Waals surface area contributed by atoms with Gasteiger partial charge in [0.15, 0.2) is 0 Å². The first-order valence-electron chi connectivity index (χ1n) is 6.79. The van der Waals surface area contributed by atoms with Crippen molar-refractivity contribution in [3.05, 3.63) is 35.9 Å². The number of benzene rings is 1. The normalized spacial score (nSPS) is 26.8. The summed E-state index contributed by atoms with van der Waals surface area (Å²) in [6.07, 6.45) is 2.35. The van der Waals surface area contributed by atoms with Crippen LogP contribution >= 0.6 is 0 Å². The van der Waals surface area contributed by atoms with Crippen LogP contribution in [0.3, 0.4) is 0 Å². The van der Waals surface area contributed by atoms with Gasteiger partial charge in [0, 0.05) is 20.0 Å². The van der Waals surface area contributed by atoms with E-state index in [0.717, 1.165) is 24.9 Å². The molecule has 2 fully saturated rings. The number of carbonyl (C=O) groups is 2. The van der Waals surface area contributed by atoms with Crippen LogP contribution in [0.4, 0.5) is 0 Å². The van der Waals surface area contributed by atoms with E-state index in [4.69, 9.17) is 0 Å². The van der Waals surface area contributed by atoms with Crippen LogP contribution in [0, 0.1) is 0 Å². The molecule has 0 N–H and O–H groups in total. The third-order valence-electron chi connectivity index (χ3n) is 4.19. The summed E-state index contributed by atoms with van der Waals surface area (Å²) in [6, 6.07) is 9.33. The van der Waals surface area contributed by atoms with Crippen molar-refractivity contribution in [1.29, 1.82) is 0 Å². The monoisotopic (exact) mass is 258 g/mol. The molecule has 1 aromatic carbocycles. The van der Waals surface area contributed by atoms with Gasteiger partial charge in [-0.2, -0.15) is 0 Å². The Balaban J connectivity index is 1.84. The lowest BCUT2D eigenvalue weighted by Gasteiger charge is -2.40. The molecule has 19 heavy (non-hydrogen) atoms. The molecule has 4 nitrogen and oxygen atoms in total. The second kappa shape index (κ2) is 4.68. The van der Waals surface area contributed by atoms with Crippen LogP contribution in [0.1, 0.15) is 18.4 Å². The topological polar surface area (TPSA) is 40.6 Å². The smallest absolute Gasteiger partial charge is 0.246 e. The van der Waals surface area contributed by atoms with Gasteiger partial charge in [0.1, 0.15) is 12.1 Å². The van der Waals surface area contributed by atoms with Gasteiger partial charge in [0.05, 0.1) is 0 Å². The molecule has 1 aromatic rings. The molecule has 100 valence electrons. The van der Waals surface area contributed by atoms with Crippen LogP contribution in [0.5, 0.6) is 0 Å². The Morgan fingerprint density at radius 1 is 1.16 bits per heavy atom. The number of nitrogens with zero attached hydrogens (tertiary/aromatic N) is 2. The van der Waals surface area contributed by atoms with Crippen molar-refractivity contribution in [3.63, 3.8) is 0 Å². The molecule has 0 saturated carbocycles. The van der Waals surface area contributed by atoms with E-state index in [1.54, 1.807) is 16.8 Å². The fourth-order valence-corrected chi connectivity index (χ4v) is 3.09. The molecule has 3 rings (SSSR count). The lowest BCUT2D eigenvalue weighted by Crippen LogP contribution is -2.62. The van der Waals surface area contributed by atoms with Crippen molar-refractivity contribution in [1.82, 2.24) is 9.80 Å². The van der Waals surface area contributed by atoms with Crippen molar-refractivity contribution < 1.29 is 9.59 Å². The third-order valence-corrected chi connectivity index (χ3v) is 4.19. The highest BCUT2D eigenvalue weighted by Crippen LogP contribution is 2.27. The fourth-order valence-electron chi connectivity index (χ4n) is 3.09. The summed E-state index contributed by atoms with van der Waals surface area (Å²) in [7, 11) is 1.75. The van der Waals surface area contributed by atoms with E-state index in [1.807, 2.05) is 30.3 Å². The SMILES string of the molecule is CN1C(=O)[C@@H]2CCCN2C(=O)[C@@H]1Cc1ccccc1. The molecule has 2 aliphatic rings. The summed E-state index contributed by atoms with van der Waals surface area (Å²) in [5, 5.41) is 0. The molecule has 2 heterocycles. The molecule has 0 aliphatic carbocycles. The standard InChI is InChI=1S/C15H18N2O2/c1-16-13(10-11-6-3-2-4-7-11)15(19)17-9-5-8-12(17)14(16)18/h2-4,6-7,12-13H,5,8-10H2,1H3/t12-,13-/m0/s1. The largest absolute Gasteiger partial charge is 0.332 e. The Labute approximate surface area is 113 Å². The molecule has 2 atom stereocenters. The molecule has 2 amide bonds. The zero-order valence-electron chi connectivity index (χ0n) is 11.1. The molecule has 2 saturated heterocycles. The lowest BCUT2D eigenvalue weighted by molar-refractivity contribution is -0.157. The Morgan fingerprint density at radius 3 is 2.63 bits per heavy atom. The van der Waals surface area contributed by atoms with Gasteiger partial charge in [-0.25, -0.2) is 0 Å². The van der Waals surface area contributed by atoms with Crippen LogP contribution in [-0.2, 0) is 16.0 Å². The predicted molar refractivity (Wildman–Crippen MR) is 71.4 cm³/mol. The quantitative estimate of drug-likeness (QED) is 0.796. The summed E-state index contributed by atoms with van der Waals surface area (Å²) in [5.74, 6) is 0.200. The summed E-state index contributed by atoms with van der Waals surface area (Å²) in [6.45, 7) is 0.731. The number of fused-ring (bicyclic) bond motifs is 1. The molecule has 0 unspecified atom stereocenters. The highest BCUT2D eigenvalue weighted by Gasteiger charge is 2.45. The van der Waals surface area contributed by atoms with Crippen molar-refractivity contribution >= 4 is 11.8 Å². The number of piperazine rings is 1. The Bertz CT molecular complexity index is 500. The van der Waals surface area contributed by atoms with Gasteiger partial charge in [-0.15, -0.1) is 0 Å². The van der Waals surface area contributed by atoms with E-state index in [2.05, 4.69) is 0 Å². The highest BCUT2D eigenvalue weighted by atomic mass is 16.2. The second-order valence-electron chi connectivity index (χ2n) is 5.34. The zero-order valence-corrected chi connectivity index (χ0v) is 11.1. The number of carbonyl (C=O) groups excluding carboxylic acids is 2. The van der Waals surface area contributed by atoms with E-state index in [-0.39, 0.29) is 23.9 Å². The number of likely N-dealkylation sites (N-methyl/N-ethyl adjacent to an activating group) is 1. The summed E-state index contributed by atoms with van der Waals surface area (Å²) < 4.78 is 0. The van der Waals surface area contributed by atoms with Gasteiger partial charge < -0.3 is 9.80 Å². The maximum Gasteiger partial charge on any atom is 0.246 e. The minimum absolute atomic E-state index is 0.0954. The molecular weight excluding hydrogens is 240 g/mol. The fraction of sp³-hybridized carbons (Fsp3) is 0.467. The molecule has 4 heteroatoms. The molecule has 2 aliphatic heterocycles. The zero-order chi connectivity index (χ0) is 13.4. The first kappa shape index (κ1) is 12.2. The molecule has 0 spiro atoms. The molecule has 0 bridgehead atoms. The van der Waals surface area contributed by atoms with E-state index in [9.17, 15) is 9.59 Å². The second-order valence-corrected chi connectivity index (χ2v) is 5.34. The molecule has 0 aromatic heterocycles. The van der Waals surface area contributed by atoms with Crippen LogP contribution < -0.4 is 0 Å². The van der Waals surface area contributed by atoms with Crippen molar-refractivity contribution in [2.45, 2.75) is 31.3 Å². The summed E-state index contributed by atoms with van der Waals surface area (Å²) in [4.78, 5) is 28.2. The minimum Gasteiger partial charge on any atom is -0.332 e. The maximum atomic E-state index is 12.5. The highest BCUT2D eigenvalue weighted by molar-refractivity contribution is 5.97. The van der Waals surface area contributed by atoms with Crippen molar-refractivity contribution in [3.8, 4) is 0 Å². The van der Waals surface area contributed by atoms with Crippen LogP contribution in [0.15, 0.2) is 30.3 Å². The summed E-state index contributed by atoms with van der Waals surface area (Å²) in [5.41, 5.74) is 1.10. The Hall–Kier alpha value is -1.84. The van der Waals surface area contributed by atoms with Gasteiger partial charge in [-0.1, -0.05) is 30.3 Å². The van der Waals surface area contributed by atoms with E-state index in [0.29, 0.717) is 6.42 Å². The Morgan fingerprint density at radius 2 is 1.89 bits per heavy atom. The molecule has 0 radical (unpaired) electrons. The van der Waals surface area contributed by atoms with E-state index >= 15 is 0 Å². The van der Waals surface area contributed by atoms with Gasteiger partial charge in [-0.3, -0.25) is 9.59 Å². The minimum atomic E-state index is -0.343. The van der Waals surface area contributed by atoms with Crippen molar-refractivity contribution in [2.24, 2.45) is 0 Å². The first-order valence-corrected chi connectivity index (χ1v) is 6.79. The number of hydrogen-bond acceptors (Lipinski definition) is 2. The number of hydrogen-bond donors (Lipinski definition) is 0. The lowest BCUT2D eigenvalue weighted by atomic mass is 9.99. The summed E-state index contributed by atoms with van der Waals surface area (Å²) >= 11 is 0. The van der Waals surface area contributed by atoms with Gasteiger partial charge in [-0.05, 0) is 18.4 Å². The number of amides is 2. The first-order chi connectivity index (χ1) is 9.18. The predicted octanol–water partition coefficient (Wildman–Crippen LogP) is 1.06.